The number of benzene rings is 1. The molecule has 0 radical (unpaired) electrons. The predicted octanol–water partition coefficient (Wildman–Crippen LogP) is 3.70. The third-order valence-electron chi connectivity index (χ3n) is 2.51. The largest absolute Gasteiger partial charge is 0.402 e. The van der Waals surface area contributed by atoms with Crippen LogP contribution in [-0.2, 0) is 9.53 Å². The molecule has 0 bridgehead atoms. The number of halogens is 1. The van der Waals surface area contributed by atoms with E-state index in [0.29, 0.717) is 11.6 Å². The Balaban J connectivity index is 1.95. The molecule has 0 N–H and O–H groups in total. The van der Waals surface area contributed by atoms with E-state index in [1.165, 1.54) is 0 Å². The molecule has 1 aliphatic rings. The van der Waals surface area contributed by atoms with Crippen molar-refractivity contribution in [3.05, 3.63) is 61.5 Å². The summed E-state index contributed by atoms with van der Waals surface area (Å²) in [4.78, 5) is 17.0. The van der Waals surface area contributed by atoms with Crippen molar-refractivity contribution in [3.8, 4) is 0 Å². The molecule has 0 atom stereocenters. The normalized spacial score (nSPS) is 16.6. The number of hydrogen-bond acceptors (Lipinski definition) is 4. The Labute approximate surface area is 127 Å². The fraction of sp³-hybridized carbons (Fsp3) is 0. The summed E-state index contributed by atoms with van der Waals surface area (Å²) in [7, 11) is 0. The average Bonchev–Trinajstić information content (AvgIpc) is 3.01. The molecule has 0 amide bonds. The fourth-order valence-electron chi connectivity index (χ4n) is 1.66. The third-order valence-corrected chi connectivity index (χ3v) is 4.00. The number of rotatable bonds is 2. The molecule has 0 fully saturated rings. The number of hydrogen-bond donors (Lipinski definition) is 0. The van der Waals surface area contributed by atoms with Crippen molar-refractivity contribution in [2.24, 2.45) is 4.99 Å². The molecule has 1 aliphatic heterocycles. The van der Waals surface area contributed by atoms with Crippen LogP contribution in [0.3, 0.4) is 0 Å². The molecule has 0 saturated heterocycles. The van der Waals surface area contributed by atoms with Crippen LogP contribution in [0, 0.1) is 3.57 Å². The van der Waals surface area contributed by atoms with Crippen LogP contribution in [-0.4, -0.2) is 11.9 Å². The van der Waals surface area contributed by atoms with Crippen molar-refractivity contribution in [1.29, 1.82) is 0 Å². The molecule has 2 heterocycles. The summed E-state index contributed by atoms with van der Waals surface area (Å²) in [6.45, 7) is 0. The van der Waals surface area contributed by atoms with E-state index >= 15 is 0 Å². The van der Waals surface area contributed by atoms with Gasteiger partial charge in [-0.3, -0.25) is 0 Å². The number of carbonyl (C=O) groups is 1. The third kappa shape index (κ3) is 2.76. The second-order valence-corrected chi connectivity index (χ2v) is 6.09. The van der Waals surface area contributed by atoms with Gasteiger partial charge >= 0.3 is 5.97 Å². The first kappa shape index (κ1) is 12.6. The lowest BCUT2D eigenvalue weighted by atomic mass is 10.2. The average molecular weight is 381 g/mol. The molecule has 19 heavy (non-hydrogen) atoms. The minimum atomic E-state index is -0.401. The van der Waals surface area contributed by atoms with E-state index in [-0.39, 0.29) is 0 Å². The molecule has 2 aromatic rings. The number of nitrogens with zero attached hydrogens (tertiary/aromatic N) is 1. The highest BCUT2D eigenvalue weighted by atomic mass is 127. The van der Waals surface area contributed by atoms with Gasteiger partial charge in [-0.25, -0.2) is 9.79 Å². The van der Waals surface area contributed by atoms with Gasteiger partial charge in [-0.2, -0.15) is 0 Å². The number of aliphatic imine (C=N–C) groups is 1. The molecule has 3 rings (SSSR count). The Kier molecular flexibility index (Phi) is 3.48. The van der Waals surface area contributed by atoms with E-state index in [0.717, 1.165) is 14.0 Å². The first-order valence-electron chi connectivity index (χ1n) is 5.54. The second-order valence-electron chi connectivity index (χ2n) is 3.86. The summed E-state index contributed by atoms with van der Waals surface area (Å²) in [5.74, 6) is -0.0337. The fourth-order valence-corrected chi connectivity index (χ4v) is 2.86. The van der Waals surface area contributed by atoms with E-state index in [4.69, 9.17) is 4.74 Å². The van der Waals surface area contributed by atoms with E-state index in [2.05, 4.69) is 27.6 Å². The number of carbonyl (C=O) groups excluding carboxylic acids is 1. The highest BCUT2D eigenvalue weighted by molar-refractivity contribution is 14.1. The Bertz CT molecular complexity index is 689. The van der Waals surface area contributed by atoms with Crippen LogP contribution in [0.25, 0.3) is 6.08 Å². The monoisotopic (exact) mass is 381 g/mol. The molecule has 5 heteroatoms. The van der Waals surface area contributed by atoms with Gasteiger partial charge in [0.1, 0.15) is 0 Å². The number of cyclic esters (lactones) is 1. The van der Waals surface area contributed by atoms with Crippen LogP contribution >= 0.6 is 33.9 Å². The van der Waals surface area contributed by atoms with Crippen LogP contribution in [0.2, 0.25) is 0 Å². The first-order chi connectivity index (χ1) is 9.22. The number of esters is 1. The molecule has 3 nitrogen and oxygen atoms in total. The topological polar surface area (TPSA) is 38.7 Å². The molecule has 1 aromatic heterocycles. The van der Waals surface area contributed by atoms with Gasteiger partial charge in [0.2, 0.25) is 5.90 Å². The highest BCUT2D eigenvalue weighted by Crippen LogP contribution is 2.21. The van der Waals surface area contributed by atoms with Crippen LogP contribution in [0.4, 0.5) is 0 Å². The van der Waals surface area contributed by atoms with Crippen LogP contribution < -0.4 is 0 Å². The van der Waals surface area contributed by atoms with Gasteiger partial charge < -0.3 is 4.74 Å². The number of ether oxygens (including phenoxy) is 1. The van der Waals surface area contributed by atoms with Crippen LogP contribution in [0.15, 0.2) is 52.5 Å². The zero-order valence-corrected chi connectivity index (χ0v) is 12.6. The van der Waals surface area contributed by atoms with E-state index in [1.54, 1.807) is 17.4 Å². The molecule has 0 spiro atoms. The molecular formula is C14H8INO2S. The minimum absolute atomic E-state index is 0.344. The zero-order valence-electron chi connectivity index (χ0n) is 9.67. The van der Waals surface area contributed by atoms with Crippen LogP contribution in [0.1, 0.15) is 10.4 Å². The van der Waals surface area contributed by atoms with Crippen molar-refractivity contribution in [3.63, 3.8) is 0 Å². The zero-order chi connectivity index (χ0) is 13.2. The van der Waals surface area contributed by atoms with E-state index < -0.39 is 5.97 Å². The maximum atomic E-state index is 11.8. The summed E-state index contributed by atoms with van der Waals surface area (Å²) in [6.07, 6.45) is 1.74. The van der Waals surface area contributed by atoms with Crippen LogP contribution in [0.5, 0.6) is 0 Å². The minimum Gasteiger partial charge on any atom is -0.402 e. The molecule has 1 aromatic carbocycles. The van der Waals surface area contributed by atoms with Crippen molar-refractivity contribution >= 4 is 51.9 Å². The predicted molar refractivity (Wildman–Crippen MR) is 84.1 cm³/mol. The summed E-state index contributed by atoms with van der Waals surface area (Å²) >= 11 is 3.77. The van der Waals surface area contributed by atoms with Gasteiger partial charge in [-0.15, -0.1) is 11.3 Å². The summed E-state index contributed by atoms with van der Waals surface area (Å²) in [6, 6.07) is 11.6. The van der Waals surface area contributed by atoms with Crippen molar-refractivity contribution in [2.75, 3.05) is 0 Å². The van der Waals surface area contributed by atoms with Crippen molar-refractivity contribution in [1.82, 2.24) is 0 Å². The van der Waals surface area contributed by atoms with Crippen molar-refractivity contribution in [2.45, 2.75) is 0 Å². The van der Waals surface area contributed by atoms with E-state index in [9.17, 15) is 4.79 Å². The molecular weight excluding hydrogens is 373 g/mol. The standard InChI is InChI=1S/C14H8INO2S/c15-10-4-1-3-9(7-10)13-16-12(14(17)18-13)8-11-5-2-6-19-11/h1-8H/b12-8+. The lowest BCUT2D eigenvalue weighted by Gasteiger charge is -1.99. The lowest BCUT2D eigenvalue weighted by Crippen LogP contribution is -2.05. The Morgan fingerprint density at radius 3 is 2.89 bits per heavy atom. The second kappa shape index (κ2) is 5.26. The smallest absolute Gasteiger partial charge is 0.363 e. The summed E-state index contributed by atoms with van der Waals surface area (Å²) < 4.78 is 6.28. The van der Waals surface area contributed by atoms with Gasteiger partial charge in [0.25, 0.3) is 0 Å². The molecule has 0 aliphatic carbocycles. The van der Waals surface area contributed by atoms with E-state index in [1.807, 2.05) is 41.8 Å². The molecule has 94 valence electrons. The molecule has 0 unspecified atom stereocenters. The van der Waals surface area contributed by atoms with Gasteiger partial charge in [0, 0.05) is 14.0 Å². The highest BCUT2D eigenvalue weighted by Gasteiger charge is 2.24. The maximum Gasteiger partial charge on any atom is 0.363 e. The van der Waals surface area contributed by atoms with Crippen molar-refractivity contribution < 1.29 is 9.53 Å². The molecule has 0 saturated carbocycles. The number of thiophene rings is 1. The lowest BCUT2D eigenvalue weighted by molar-refractivity contribution is -0.129. The van der Waals surface area contributed by atoms with Gasteiger partial charge in [0.15, 0.2) is 5.70 Å². The van der Waals surface area contributed by atoms with Gasteiger partial charge in [-0.05, 0) is 58.3 Å². The summed E-state index contributed by atoms with van der Waals surface area (Å²) in [5, 5.41) is 1.96. The maximum absolute atomic E-state index is 11.8. The van der Waals surface area contributed by atoms with Gasteiger partial charge in [-0.1, -0.05) is 12.1 Å². The summed E-state index contributed by atoms with van der Waals surface area (Å²) in [5.41, 5.74) is 1.16. The Morgan fingerprint density at radius 1 is 1.26 bits per heavy atom. The Morgan fingerprint density at radius 2 is 2.16 bits per heavy atom. The first-order valence-corrected chi connectivity index (χ1v) is 7.50. The van der Waals surface area contributed by atoms with Gasteiger partial charge in [0.05, 0.1) is 0 Å². The quantitative estimate of drug-likeness (QED) is 0.452. The Hall–Kier alpha value is -1.47. The SMILES string of the molecule is O=C1OC(c2cccc(I)c2)=N/C1=C/c1cccs1.